The molecule has 1 amide bonds. The van der Waals surface area contributed by atoms with E-state index in [0.29, 0.717) is 6.54 Å². The van der Waals surface area contributed by atoms with Crippen molar-refractivity contribution in [2.24, 2.45) is 16.1 Å². The molecule has 8 nitrogen and oxygen atoms in total. The Kier molecular flexibility index (Phi) is 4.27. The third-order valence-corrected chi connectivity index (χ3v) is 2.71. The monoisotopic (exact) mass is 287 g/mol. The van der Waals surface area contributed by atoms with Crippen LogP contribution in [0.15, 0.2) is 34.6 Å². The zero-order valence-corrected chi connectivity index (χ0v) is 12.2. The number of amides is 1. The van der Waals surface area contributed by atoms with Crippen LogP contribution in [-0.2, 0) is 6.54 Å². The highest BCUT2D eigenvalue weighted by molar-refractivity contribution is 5.94. The van der Waals surface area contributed by atoms with Crippen molar-refractivity contribution in [1.82, 2.24) is 20.0 Å². The lowest BCUT2D eigenvalue weighted by atomic mass is 10.1. The minimum atomic E-state index is -0.683. The Bertz CT molecular complexity index is 658. The van der Waals surface area contributed by atoms with E-state index >= 15 is 0 Å². The molecule has 0 radical (unpaired) electrons. The van der Waals surface area contributed by atoms with Gasteiger partial charge in [0, 0.05) is 14.1 Å². The summed E-state index contributed by atoms with van der Waals surface area (Å²) in [6.45, 7) is 2.45. The van der Waals surface area contributed by atoms with E-state index in [2.05, 4.69) is 20.6 Å². The van der Waals surface area contributed by atoms with Crippen LogP contribution in [0.5, 0.6) is 0 Å². The maximum absolute atomic E-state index is 11.4. The molecule has 0 saturated carbocycles. The van der Waals surface area contributed by atoms with Crippen molar-refractivity contribution < 1.29 is 4.79 Å². The summed E-state index contributed by atoms with van der Waals surface area (Å²) in [5, 5.41) is 17.1. The third-order valence-electron chi connectivity index (χ3n) is 2.71. The average molecular weight is 287 g/mol. The molecule has 0 aliphatic heterocycles. The van der Waals surface area contributed by atoms with E-state index in [1.54, 1.807) is 14.1 Å². The second-order valence-corrected chi connectivity index (χ2v) is 4.81. The van der Waals surface area contributed by atoms with Crippen molar-refractivity contribution in [3.05, 3.63) is 41.1 Å². The zero-order chi connectivity index (χ0) is 15.4. The Morgan fingerprint density at radius 2 is 2.00 bits per heavy atom. The van der Waals surface area contributed by atoms with Gasteiger partial charge in [-0.05, 0) is 12.5 Å². The first-order chi connectivity index (χ1) is 9.97. The molecule has 8 heteroatoms. The maximum Gasteiger partial charge on any atom is 0.273 e. The topological polar surface area (TPSA) is 102 Å². The summed E-state index contributed by atoms with van der Waals surface area (Å²) in [5.41, 5.74) is 7.47. The lowest BCUT2D eigenvalue weighted by Crippen LogP contribution is -2.12. The van der Waals surface area contributed by atoms with Crippen molar-refractivity contribution in [1.29, 1.82) is 0 Å². The van der Waals surface area contributed by atoms with Crippen LogP contribution in [-0.4, -0.2) is 40.0 Å². The van der Waals surface area contributed by atoms with Gasteiger partial charge >= 0.3 is 0 Å². The van der Waals surface area contributed by atoms with E-state index in [1.165, 1.54) is 15.3 Å². The van der Waals surface area contributed by atoms with Crippen LogP contribution >= 0.6 is 0 Å². The summed E-state index contributed by atoms with van der Waals surface area (Å²) < 4.78 is 1.50. The van der Waals surface area contributed by atoms with Crippen LogP contribution in [0.1, 0.15) is 21.6 Å². The fraction of sp³-hybridized carbons (Fsp3) is 0.308. The van der Waals surface area contributed by atoms with Gasteiger partial charge in [0.2, 0.25) is 5.82 Å². The van der Waals surface area contributed by atoms with E-state index in [-0.39, 0.29) is 11.5 Å². The van der Waals surface area contributed by atoms with Gasteiger partial charge in [0.05, 0.1) is 6.54 Å². The number of carbonyl (C=O) groups is 1. The molecule has 0 unspecified atom stereocenters. The van der Waals surface area contributed by atoms with E-state index < -0.39 is 5.91 Å². The van der Waals surface area contributed by atoms with E-state index in [4.69, 9.17) is 5.73 Å². The smallest absolute Gasteiger partial charge is 0.273 e. The average Bonchev–Trinajstić information content (AvgIpc) is 2.82. The van der Waals surface area contributed by atoms with Gasteiger partial charge in [0.15, 0.2) is 5.69 Å². The molecule has 0 bridgehead atoms. The van der Waals surface area contributed by atoms with Gasteiger partial charge in [-0.25, -0.2) is 4.68 Å². The lowest BCUT2D eigenvalue weighted by molar-refractivity contribution is 0.0996. The highest BCUT2D eigenvalue weighted by Gasteiger charge is 2.17. The van der Waals surface area contributed by atoms with Gasteiger partial charge in [0.1, 0.15) is 0 Å². The Labute approximate surface area is 122 Å². The summed E-state index contributed by atoms with van der Waals surface area (Å²) in [6, 6.07) is 7.96. The predicted molar refractivity (Wildman–Crippen MR) is 77.0 cm³/mol. The Balaban J connectivity index is 2.34. The molecule has 0 aliphatic carbocycles. The molecule has 1 aromatic heterocycles. The molecule has 0 aliphatic rings. The van der Waals surface area contributed by atoms with Gasteiger partial charge in [-0.15, -0.1) is 10.2 Å². The summed E-state index contributed by atoms with van der Waals surface area (Å²) in [5.74, 6) is -0.436. The first-order valence-corrected chi connectivity index (χ1v) is 6.35. The maximum atomic E-state index is 11.4. The van der Waals surface area contributed by atoms with E-state index in [1.807, 2.05) is 31.2 Å². The number of aromatic nitrogens is 3. The minimum Gasteiger partial charge on any atom is -0.364 e. The molecule has 0 saturated heterocycles. The molecule has 2 N–H and O–H groups in total. The van der Waals surface area contributed by atoms with Gasteiger partial charge < -0.3 is 5.73 Å². The molecule has 0 fully saturated rings. The van der Waals surface area contributed by atoms with Gasteiger partial charge in [0.25, 0.3) is 5.91 Å². The summed E-state index contributed by atoms with van der Waals surface area (Å²) in [6.07, 6.45) is 0. The molecule has 110 valence electrons. The van der Waals surface area contributed by atoms with Gasteiger partial charge in [-0.1, -0.05) is 40.3 Å². The van der Waals surface area contributed by atoms with Crippen LogP contribution in [0, 0.1) is 6.92 Å². The van der Waals surface area contributed by atoms with Crippen molar-refractivity contribution >= 4 is 11.7 Å². The zero-order valence-electron chi connectivity index (χ0n) is 12.2. The van der Waals surface area contributed by atoms with Crippen molar-refractivity contribution in [2.75, 3.05) is 14.1 Å². The predicted octanol–water partition coefficient (Wildman–Crippen LogP) is 1.29. The summed E-state index contributed by atoms with van der Waals surface area (Å²) >= 11 is 0. The van der Waals surface area contributed by atoms with E-state index in [9.17, 15) is 4.79 Å². The SMILES string of the molecule is Cc1ccc(Cn2nnc(C(N)=O)c2N=NN(C)C)cc1. The number of nitrogens with two attached hydrogens (primary N) is 1. The number of hydrogen-bond donors (Lipinski definition) is 1. The first kappa shape index (κ1) is 14.6. The number of primary amides is 1. The molecular formula is C13H17N7O. The molecule has 0 atom stereocenters. The third kappa shape index (κ3) is 3.62. The van der Waals surface area contributed by atoms with Crippen molar-refractivity contribution in [3.63, 3.8) is 0 Å². The fourth-order valence-corrected chi connectivity index (χ4v) is 1.67. The second kappa shape index (κ2) is 6.12. The fourth-order valence-electron chi connectivity index (χ4n) is 1.67. The van der Waals surface area contributed by atoms with Crippen LogP contribution in [0.25, 0.3) is 0 Å². The molecule has 1 aromatic carbocycles. The Hall–Kier alpha value is -2.77. The molecular weight excluding hydrogens is 270 g/mol. The molecule has 21 heavy (non-hydrogen) atoms. The molecule has 1 heterocycles. The number of aryl methyl sites for hydroxylation is 1. The number of benzene rings is 1. The minimum absolute atomic E-state index is 0.00714. The van der Waals surface area contributed by atoms with Gasteiger partial charge in [-0.2, -0.15) is 0 Å². The van der Waals surface area contributed by atoms with Crippen molar-refractivity contribution in [3.8, 4) is 0 Å². The van der Waals surface area contributed by atoms with Gasteiger partial charge in [-0.3, -0.25) is 9.80 Å². The molecule has 0 spiro atoms. The van der Waals surface area contributed by atoms with Crippen LogP contribution < -0.4 is 5.73 Å². The highest BCUT2D eigenvalue weighted by atomic mass is 16.1. The van der Waals surface area contributed by atoms with Crippen LogP contribution in [0.3, 0.4) is 0 Å². The van der Waals surface area contributed by atoms with Crippen molar-refractivity contribution in [2.45, 2.75) is 13.5 Å². The second-order valence-electron chi connectivity index (χ2n) is 4.81. The molecule has 2 rings (SSSR count). The Morgan fingerprint density at radius 3 is 2.57 bits per heavy atom. The highest BCUT2D eigenvalue weighted by Crippen LogP contribution is 2.18. The first-order valence-electron chi connectivity index (χ1n) is 6.35. The summed E-state index contributed by atoms with van der Waals surface area (Å²) in [7, 11) is 3.45. The number of nitrogens with zero attached hydrogens (tertiary/aromatic N) is 6. The van der Waals surface area contributed by atoms with E-state index in [0.717, 1.165) is 5.56 Å². The largest absolute Gasteiger partial charge is 0.364 e. The number of hydrogen-bond acceptors (Lipinski definition) is 5. The van der Waals surface area contributed by atoms with Crippen LogP contribution in [0.2, 0.25) is 0 Å². The Morgan fingerprint density at radius 1 is 1.33 bits per heavy atom. The standard InChI is InChI=1S/C13H17N7O/c1-9-4-6-10(7-5-9)8-20-13(16-17-19(2)3)11(12(14)21)15-18-20/h4-7H,8H2,1-3H3,(H2,14,21). The number of rotatable bonds is 5. The summed E-state index contributed by atoms with van der Waals surface area (Å²) in [4.78, 5) is 11.4. The normalized spacial score (nSPS) is 11.0. The lowest BCUT2D eigenvalue weighted by Gasteiger charge is -2.05. The molecule has 2 aromatic rings. The van der Waals surface area contributed by atoms with Crippen LogP contribution in [0.4, 0.5) is 5.82 Å². The quantitative estimate of drug-likeness (QED) is 0.661. The number of carbonyl (C=O) groups excluding carboxylic acids is 1.